The van der Waals surface area contributed by atoms with E-state index >= 15 is 0 Å². The predicted molar refractivity (Wildman–Crippen MR) is 78.4 cm³/mol. The van der Waals surface area contributed by atoms with Crippen molar-refractivity contribution < 1.29 is 9.72 Å². The lowest BCUT2D eigenvalue weighted by Gasteiger charge is -2.06. The van der Waals surface area contributed by atoms with Gasteiger partial charge in [-0.05, 0) is 20.8 Å². The summed E-state index contributed by atoms with van der Waals surface area (Å²) in [7, 11) is 0. The number of carbonyl (C=O) groups excluding carboxylic acids is 1. The van der Waals surface area contributed by atoms with Gasteiger partial charge in [0.25, 0.3) is 5.91 Å². The Kier molecular flexibility index (Phi) is 4.54. The smallest absolute Gasteiger partial charge is 0.320 e. The zero-order chi connectivity index (χ0) is 16.3. The minimum Gasteiger partial charge on any atom is -0.346 e. The van der Waals surface area contributed by atoms with E-state index in [0.717, 1.165) is 24.0 Å². The SMILES string of the molecule is CCn1cc(CNC(=O)c2c([N+](=O)[O-])cnn2CC)c(C)n1. The summed E-state index contributed by atoms with van der Waals surface area (Å²) in [6.45, 7) is 6.97. The molecule has 1 N–H and O–H groups in total. The summed E-state index contributed by atoms with van der Waals surface area (Å²) in [5.74, 6) is -0.519. The van der Waals surface area contributed by atoms with E-state index in [9.17, 15) is 14.9 Å². The van der Waals surface area contributed by atoms with Crippen LogP contribution in [0.25, 0.3) is 0 Å². The van der Waals surface area contributed by atoms with E-state index in [1.807, 2.05) is 20.0 Å². The molecule has 0 aliphatic carbocycles. The van der Waals surface area contributed by atoms with Crippen LogP contribution in [0.3, 0.4) is 0 Å². The van der Waals surface area contributed by atoms with Crippen molar-refractivity contribution in [3.05, 3.63) is 39.5 Å². The maximum absolute atomic E-state index is 12.3. The van der Waals surface area contributed by atoms with Gasteiger partial charge in [0, 0.05) is 31.4 Å². The number of hydrogen-bond donors (Lipinski definition) is 1. The Bertz CT molecular complexity index is 703. The van der Waals surface area contributed by atoms with Gasteiger partial charge in [-0.1, -0.05) is 0 Å². The van der Waals surface area contributed by atoms with E-state index in [1.54, 1.807) is 11.6 Å². The Balaban J connectivity index is 2.17. The molecule has 2 rings (SSSR count). The summed E-state index contributed by atoms with van der Waals surface area (Å²) in [6.07, 6.45) is 2.94. The number of aromatic nitrogens is 4. The Hall–Kier alpha value is -2.71. The monoisotopic (exact) mass is 306 g/mol. The molecule has 118 valence electrons. The summed E-state index contributed by atoms with van der Waals surface area (Å²) in [5.41, 5.74) is 1.37. The van der Waals surface area contributed by atoms with E-state index in [1.165, 1.54) is 4.68 Å². The molecule has 0 fully saturated rings. The number of nitro groups is 1. The number of nitrogens with one attached hydrogen (secondary N) is 1. The summed E-state index contributed by atoms with van der Waals surface area (Å²) in [4.78, 5) is 22.7. The fourth-order valence-corrected chi connectivity index (χ4v) is 2.14. The molecular weight excluding hydrogens is 288 g/mol. The van der Waals surface area contributed by atoms with Gasteiger partial charge in [-0.3, -0.25) is 24.3 Å². The van der Waals surface area contributed by atoms with Crippen molar-refractivity contribution in [1.82, 2.24) is 24.9 Å². The van der Waals surface area contributed by atoms with Crippen LogP contribution in [-0.4, -0.2) is 30.4 Å². The number of rotatable bonds is 6. The molecule has 22 heavy (non-hydrogen) atoms. The van der Waals surface area contributed by atoms with E-state index in [0.29, 0.717) is 6.54 Å². The maximum atomic E-state index is 12.3. The fraction of sp³-hybridized carbons (Fsp3) is 0.462. The van der Waals surface area contributed by atoms with Crippen LogP contribution in [0.15, 0.2) is 12.4 Å². The zero-order valence-corrected chi connectivity index (χ0v) is 12.7. The highest BCUT2D eigenvalue weighted by Crippen LogP contribution is 2.18. The topological polar surface area (TPSA) is 108 Å². The van der Waals surface area contributed by atoms with Crippen LogP contribution in [0.4, 0.5) is 5.69 Å². The second-order valence-electron chi connectivity index (χ2n) is 4.73. The lowest BCUT2D eigenvalue weighted by Crippen LogP contribution is -2.26. The Morgan fingerprint density at radius 1 is 1.41 bits per heavy atom. The largest absolute Gasteiger partial charge is 0.346 e. The van der Waals surface area contributed by atoms with Gasteiger partial charge in [-0.2, -0.15) is 10.2 Å². The second-order valence-corrected chi connectivity index (χ2v) is 4.73. The molecule has 0 atom stereocenters. The van der Waals surface area contributed by atoms with Crippen molar-refractivity contribution in [3.63, 3.8) is 0 Å². The van der Waals surface area contributed by atoms with Crippen molar-refractivity contribution in [1.29, 1.82) is 0 Å². The van der Waals surface area contributed by atoms with Gasteiger partial charge in [0.05, 0.1) is 10.6 Å². The third-order valence-corrected chi connectivity index (χ3v) is 3.34. The van der Waals surface area contributed by atoms with Crippen LogP contribution in [0.2, 0.25) is 0 Å². The summed E-state index contributed by atoms with van der Waals surface area (Å²) >= 11 is 0. The van der Waals surface area contributed by atoms with Crippen LogP contribution in [-0.2, 0) is 19.6 Å². The van der Waals surface area contributed by atoms with Gasteiger partial charge in [0.2, 0.25) is 5.69 Å². The highest BCUT2D eigenvalue weighted by molar-refractivity contribution is 5.96. The maximum Gasteiger partial charge on any atom is 0.320 e. The molecular formula is C13H18N6O3. The van der Waals surface area contributed by atoms with Crippen molar-refractivity contribution in [3.8, 4) is 0 Å². The first-order valence-electron chi connectivity index (χ1n) is 6.99. The van der Waals surface area contributed by atoms with Crippen LogP contribution in [0.5, 0.6) is 0 Å². The van der Waals surface area contributed by atoms with Crippen molar-refractivity contribution in [2.75, 3.05) is 0 Å². The normalized spacial score (nSPS) is 10.7. The molecule has 9 heteroatoms. The van der Waals surface area contributed by atoms with Gasteiger partial charge in [-0.15, -0.1) is 0 Å². The molecule has 9 nitrogen and oxygen atoms in total. The minimum absolute atomic E-state index is 0.0342. The highest BCUT2D eigenvalue weighted by atomic mass is 16.6. The molecule has 0 saturated carbocycles. The molecule has 0 aromatic carbocycles. The first kappa shape index (κ1) is 15.7. The van der Waals surface area contributed by atoms with Gasteiger partial charge < -0.3 is 5.32 Å². The molecule has 0 aliphatic rings. The quantitative estimate of drug-likeness (QED) is 0.638. The molecule has 0 saturated heterocycles. The van der Waals surface area contributed by atoms with Crippen molar-refractivity contribution in [2.45, 2.75) is 40.4 Å². The second kappa shape index (κ2) is 6.37. The molecule has 0 bridgehead atoms. The zero-order valence-electron chi connectivity index (χ0n) is 12.7. The number of carbonyl (C=O) groups is 1. The Morgan fingerprint density at radius 3 is 2.68 bits per heavy atom. The number of amides is 1. The highest BCUT2D eigenvalue weighted by Gasteiger charge is 2.26. The van der Waals surface area contributed by atoms with Gasteiger partial charge in [0.1, 0.15) is 6.20 Å². The van der Waals surface area contributed by atoms with Gasteiger partial charge in [-0.25, -0.2) is 0 Å². The summed E-state index contributed by atoms with van der Waals surface area (Å²) in [6, 6.07) is 0. The van der Waals surface area contributed by atoms with Crippen LogP contribution in [0, 0.1) is 17.0 Å². The molecule has 0 spiro atoms. The molecule has 2 aromatic heterocycles. The van der Waals surface area contributed by atoms with E-state index in [4.69, 9.17) is 0 Å². The van der Waals surface area contributed by atoms with E-state index < -0.39 is 10.8 Å². The third kappa shape index (κ3) is 2.97. The molecule has 1 amide bonds. The van der Waals surface area contributed by atoms with Crippen LogP contribution >= 0.6 is 0 Å². The van der Waals surface area contributed by atoms with Crippen LogP contribution < -0.4 is 5.32 Å². The van der Waals surface area contributed by atoms with Crippen LogP contribution in [0.1, 0.15) is 35.6 Å². The average molecular weight is 306 g/mol. The van der Waals surface area contributed by atoms with E-state index in [2.05, 4.69) is 15.5 Å². The summed E-state index contributed by atoms with van der Waals surface area (Å²) in [5, 5.41) is 21.8. The average Bonchev–Trinajstić information content (AvgIpc) is 3.07. The lowest BCUT2D eigenvalue weighted by atomic mass is 10.2. The summed E-state index contributed by atoms with van der Waals surface area (Å²) < 4.78 is 3.09. The third-order valence-electron chi connectivity index (χ3n) is 3.34. The number of nitrogens with zero attached hydrogens (tertiary/aromatic N) is 5. The lowest BCUT2D eigenvalue weighted by molar-refractivity contribution is -0.385. The molecule has 0 aliphatic heterocycles. The molecule has 2 aromatic rings. The molecule has 0 radical (unpaired) electrons. The number of aryl methyl sites for hydroxylation is 3. The standard InChI is InChI=1S/C13H18N6O3/c1-4-17-8-10(9(3)16-17)6-14-13(20)12-11(19(21)22)7-15-18(12)5-2/h7-8H,4-6H2,1-3H3,(H,14,20). The number of hydrogen-bond acceptors (Lipinski definition) is 5. The Morgan fingerprint density at radius 2 is 2.14 bits per heavy atom. The molecule has 0 unspecified atom stereocenters. The Labute approximate surface area is 127 Å². The fourth-order valence-electron chi connectivity index (χ4n) is 2.14. The van der Waals surface area contributed by atoms with Gasteiger partial charge >= 0.3 is 5.69 Å². The minimum atomic E-state index is -0.603. The molecule has 2 heterocycles. The van der Waals surface area contributed by atoms with Gasteiger partial charge in [0.15, 0.2) is 0 Å². The van der Waals surface area contributed by atoms with E-state index in [-0.39, 0.29) is 17.9 Å². The first-order chi connectivity index (χ1) is 10.5. The van der Waals surface area contributed by atoms with Crippen molar-refractivity contribution in [2.24, 2.45) is 0 Å². The predicted octanol–water partition coefficient (Wildman–Crippen LogP) is 1.27. The first-order valence-corrected chi connectivity index (χ1v) is 6.99. The van der Waals surface area contributed by atoms with Crippen molar-refractivity contribution >= 4 is 11.6 Å².